The summed E-state index contributed by atoms with van der Waals surface area (Å²) in [6.07, 6.45) is 2.85. The second kappa shape index (κ2) is 2.48. The van der Waals surface area contributed by atoms with Crippen LogP contribution in [0.2, 0.25) is 0 Å². The molecule has 0 aromatic carbocycles. The van der Waals surface area contributed by atoms with Gasteiger partial charge >= 0.3 is 5.97 Å². The first kappa shape index (κ1) is 7.60. The van der Waals surface area contributed by atoms with Crippen molar-refractivity contribution < 1.29 is 15.0 Å². The largest absolute Gasteiger partial charge is 0.506 e. The van der Waals surface area contributed by atoms with Crippen molar-refractivity contribution in [1.82, 2.24) is 9.38 Å². The molecule has 0 aliphatic heterocycles. The van der Waals surface area contributed by atoms with Gasteiger partial charge in [-0.25, -0.2) is 9.78 Å². The van der Waals surface area contributed by atoms with Crippen LogP contribution in [0.25, 0.3) is 5.52 Å². The number of aromatic hydroxyl groups is 1. The van der Waals surface area contributed by atoms with Gasteiger partial charge in [0.2, 0.25) is 5.82 Å². The Hall–Kier alpha value is -2.04. The molecule has 0 radical (unpaired) electrons. The predicted molar refractivity (Wildman–Crippen MR) is 43.8 cm³/mol. The van der Waals surface area contributed by atoms with Gasteiger partial charge in [0.25, 0.3) is 0 Å². The molecule has 2 aromatic heterocycles. The van der Waals surface area contributed by atoms with E-state index in [-0.39, 0.29) is 11.6 Å². The highest BCUT2D eigenvalue weighted by Crippen LogP contribution is 2.18. The molecule has 5 heteroatoms. The number of carbonyl (C=O) groups is 1. The normalized spacial score (nSPS) is 10.5. The van der Waals surface area contributed by atoms with Gasteiger partial charge in [-0.3, -0.25) is 4.40 Å². The summed E-state index contributed by atoms with van der Waals surface area (Å²) < 4.78 is 1.32. The minimum Gasteiger partial charge on any atom is -0.506 e. The monoisotopic (exact) mass is 178 g/mol. The summed E-state index contributed by atoms with van der Waals surface area (Å²) in [6, 6.07) is 3.03. The summed E-state index contributed by atoms with van der Waals surface area (Å²) in [5.74, 6) is -1.21. The van der Waals surface area contributed by atoms with Crippen LogP contribution in [-0.4, -0.2) is 25.6 Å². The van der Waals surface area contributed by atoms with Crippen LogP contribution in [0.3, 0.4) is 0 Å². The van der Waals surface area contributed by atoms with Gasteiger partial charge in [0.15, 0.2) is 0 Å². The Bertz CT molecular complexity index is 475. The highest BCUT2D eigenvalue weighted by molar-refractivity contribution is 5.85. The number of imidazole rings is 1. The van der Waals surface area contributed by atoms with Crippen LogP contribution in [0, 0.1) is 0 Å². The summed E-state index contributed by atoms with van der Waals surface area (Å²) in [7, 11) is 0. The van der Waals surface area contributed by atoms with Gasteiger partial charge in [0, 0.05) is 6.20 Å². The zero-order chi connectivity index (χ0) is 9.42. The van der Waals surface area contributed by atoms with Gasteiger partial charge in [0.05, 0.1) is 6.20 Å². The Kier molecular flexibility index (Phi) is 1.45. The molecule has 2 N–H and O–H groups in total. The Morgan fingerprint density at radius 3 is 3.00 bits per heavy atom. The molecule has 0 saturated carbocycles. The lowest BCUT2D eigenvalue weighted by molar-refractivity contribution is 0.0683. The quantitative estimate of drug-likeness (QED) is 0.675. The van der Waals surface area contributed by atoms with Gasteiger partial charge in [-0.1, -0.05) is 0 Å². The molecule has 0 aliphatic rings. The van der Waals surface area contributed by atoms with Crippen molar-refractivity contribution in [2.75, 3.05) is 0 Å². The number of hydrogen-bond donors (Lipinski definition) is 2. The van der Waals surface area contributed by atoms with E-state index in [4.69, 9.17) is 5.11 Å². The standard InChI is InChI=1S/C8H6N2O3/c11-6-2-1-3-10-5(6)4-9-7(10)8(12)13/h1-4,11H,(H,12,13). The Morgan fingerprint density at radius 2 is 2.31 bits per heavy atom. The third kappa shape index (κ3) is 1.01. The van der Waals surface area contributed by atoms with Crippen LogP contribution < -0.4 is 0 Å². The fourth-order valence-corrected chi connectivity index (χ4v) is 1.17. The number of rotatable bonds is 1. The van der Waals surface area contributed by atoms with E-state index in [0.717, 1.165) is 0 Å². The van der Waals surface area contributed by atoms with Crippen molar-refractivity contribution >= 4 is 11.5 Å². The lowest BCUT2D eigenvalue weighted by atomic mass is 10.4. The van der Waals surface area contributed by atoms with E-state index < -0.39 is 5.97 Å². The van der Waals surface area contributed by atoms with E-state index in [1.54, 1.807) is 6.07 Å². The average Bonchev–Trinajstić information content (AvgIpc) is 2.48. The van der Waals surface area contributed by atoms with Gasteiger partial charge in [0.1, 0.15) is 11.3 Å². The van der Waals surface area contributed by atoms with Crippen LogP contribution in [0.4, 0.5) is 0 Å². The summed E-state index contributed by atoms with van der Waals surface area (Å²) in [6.45, 7) is 0. The minimum absolute atomic E-state index is 0.0162. The molecule has 2 heterocycles. The van der Waals surface area contributed by atoms with Crippen molar-refractivity contribution in [3.05, 3.63) is 30.4 Å². The first-order valence-electron chi connectivity index (χ1n) is 3.58. The minimum atomic E-state index is -1.12. The summed E-state index contributed by atoms with van der Waals surface area (Å²) in [4.78, 5) is 14.3. The molecule has 13 heavy (non-hydrogen) atoms. The van der Waals surface area contributed by atoms with Crippen molar-refractivity contribution in [2.45, 2.75) is 0 Å². The maximum Gasteiger partial charge on any atom is 0.372 e. The Balaban J connectivity index is 2.83. The van der Waals surface area contributed by atoms with Crippen molar-refractivity contribution in [1.29, 1.82) is 0 Å². The SMILES string of the molecule is O=C(O)c1ncc2c(O)cccn12. The van der Waals surface area contributed by atoms with Crippen LogP contribution in [0.1, 0.15) is 10.6 Å². The molecule has 0 aliphatic carbocycles. The molecule has 0 amide bonds. The highest BCUT2D eigenvalue weighted by Gasteiger charge is 2.11. The number of hydrogen-bond acceptors (Lipinski definition) is 3. The molecule has 2 rings (SSSR count). The fraction of sp³-hybridized carbons (Fsp3) is 0. The molecule has 0 fully saturated rings. The van der Waals surface area contributed by atoms with Crippen LogP contribution in [-0.2, 0) is 0 Å². The van der Waals surface area contributed by atoms with Gasteiger partial charge in [-0.05, 0) is 12.1 Å². The molecule has 0 spiro atoms. The Morgan fingerprint density at radius 1 is 1.54 bits per heavy atom. The van der Waals surface area contributed by atoms with Crippen molar-refractivity contribution in [3.8, 4) is 5.75 Å². The number of carboxylic acid groups (broad SMARTS) is 1. The maximum atomic E-state index is 10.6. The number of aromatic nitrogens is 2. The van der Waals surface area contributed by atoms with Gasteiger partial charge in [-0.15, -0.1) is 0 Å². The van der Waals surface area contributed by atoms with Gasteiger partial charge in [-0.2, -0.15) is 0 Å². The molecule has 2 aromatic rings. The fourth-order valence-electron chi connectivity index (χ4n) is 1.17. The molecular weight excluding hydrogens is 172 g/mol. The number of carboxylic acids is 1. The third-order valence-corrected chi connectivity index (χ3v) is 1.74. The summed E-state index contributed by atoms with van der Waals surface area (Å²) in [5.41, 5.74) is 0.389. The average molecular weight is 178 g/mol. The number of fused-ring (bicyclic) bond motifs is 1. The molecule has 0 saturated heterocycles. The third-order valence-electron chi connectivity index (χ3n) is 1.74. The van der Waals surface area contributed by atoms with Crippen molar-refractivity contribution in [3.63, 3.8) is 0 Å². The van der Waals surface area contributed by atoms with E-state index in [1.807, 2.05) is 0 Å². The highest BCUT2D eigenvalue weighted by atomic mass is 16.4. The van der Waals surface area contributed by atoms with E-state index in [0.29, 0.717) is 5.52 Å². The smallest absolute Gasteiger partial charge is 0.372 e. The van der Waals surface area contributed by atoms with Gasteiger partial charge < -0.3 is 10.2 Å². The maximum absolute atomic E-state index is 10.6. The number of nitrogens with zero attached hydrogens (tertiary/aromatic N) is 2. The molecule has 0 unspecified atom stereocenters. The summed E-state index contributed by atoms with van der Waals surface area (Å²) >= 11 is 0. The van der Waals surface area contributed by atoms with E-state index in [2.05, 4.69) is 4.98 Å². The molecule has 0 bridgehead atoms. The first-order chi connectivity index (χ1) is 6.20. The van der Waals surface area contributed by atoms with E-state index >= 15 is 0 Å². The van der Waals surface area contributed by atoms with Crippen LogP contribution >= 0.6 is 0 Å². The molecule has 5 nitrogen and oxygen atoms in total. The molecular formula is C8H6N2O3. The lowest BCUT2D eigenvalue weighted by Crippen LogP contribution is -2.02. The van der Waals surface area contributed by atoms with Crippen molar-refractivity contribution in [2.24, 2.45) is 0 Å². The number of pyridine rings is 1. The molecule has 66 valence electrons. The predicted octanol–water partition coefficient (Wildman–Crippen LogP) is 0.738. The topological polar surface area (TPSA) is 74.8 Å². The second-order valence-corrected chi connectivity index (χ2v) is 2.54. The first-order valence-corrected chi connectivity index (χ1v) is 3.58. The second-order valence-electron chi connectivity index (χ2n) is 2.54. The Labute approximate surface area is 72.9 Å². The van der Waals surface area contributed by atoms with Crippen LogP contribution in [0.5, 0.6) is 5.75 Å². The zero-order valence-corrected chi connectivity index (χ0v) is 6.51. The van der Waals surface area contributed by atoms with Crippen LogP contribution in [0.15, 0.2) is 24.5 Å². The summed E-state index contributed by atoms with van der Waals surface area (Å²) in [5, 5.41) is 18.0. The van der Waals surface area contributed by atoms with E-state index in [9.17, 15) is 9.90 Å². The zero-order valence-electron chi connectivity index (χ0n) is 6.51. The lowest BCUT2D eigenvalue weighted by Gasteiger charge is -1.97. The number of aromatic carboxylic acids is 1. The van der Waals surface area contributed by atoms with E-state index in [1.165, 1.54) is 22.9 Å². The molecule has 0 atom stereocenters.